The van der Waals surface area contributed by atoms with Gasteiger partial charge >= 0.3 is 0 Å². The molecule has 0 aliphatic carbocycles. The van der Waals surface area contributed by atoms with Gasteiger partial charge in [-0.05, 0) is 86.0 Å². The third-order valence-electron chi connectivity index (χ3n) is 6.36. The average molecular weight is 489 g/mol. The molecule has 0 bridgehead atoms. The van der Waals surface area contributed by atoms with Crippen molar-refractivity contribution in [2.24, 2.45) is 5.92 Å². The van der Waals surface area contributed by atoms with E-state index < -0.39 is 6.04 Å². The Hall–Kier alpha value is -2.52. The number of benzene rings is 1. The number of halogens is 1. The molecule has 2 aromatic rings. The van der Waals surface area contributed by atoms with Gasteiger partial charge in [0.05, 0.1) is 4.88 Å². The lowest BCUT2D eigenvalue weighted by Gasteiger charge is -2.39. The van der Waals surface area contributed by atoms with Crippen molar-refractivity contribution in [3.8, 4) is 0 Å². The third kappa shape index (κ3) is 6.09. The smallest absolute Gasteiger partial charge is 0.262 e. The van der Waals surface area contributed by atoms with Gasteiger partial charge < -0.3 is 20.4 Å². The molecule has 0 radical (unpaired) electrons. The van der Waals surface area contributed by atoms with Crippen LogP contribution in [0, 0.1) is 11.7 Å². The zero-order chi connectivity index (χ0) is 23.2. The molecular formula is C24H29FN4O2S2. The van der Waals surface area contributed by atoms with Gasteiger partial charge in [-0.3, -0.25) is 9.59 Å². The van der Waals surface area contributed by atoms with E-state index in [9.17, 15) is 14.0 Å². The van der Waals surface area contributed by atoms with Crippen LogP contribution in [0.4, 0.5) is 10.1 Å². The molecule has 0 unspecified atom stereocenters. The van der Waals surface area contributed by atoms with Crippen LogP contribution in [0.5, 0.6) is 0 Å². The Kier molecular flexibility index (Phi) is 7.93. The van der Waals surface area contributed by atoms with Crippen molar-refractivity contribution in [1.82, 2.24) is 15.1 Å². The number of likely N-dealkylation sites (tertiary alicyclic amines) is 2. The SMILES string of the molecule is O=C(N[C@@H](C(=O)N1CCCCC1)C1CCN(C(=S)Nc2ccc(F)cc2)CC1)c1cccs1. The first kappa shape index (κ1) is 23.6. The fourth-order valence-corrected chi connectivity index (χ4v) is 5.41. The number of rotatable bonds is 5. The van der Waals surface area contributed by atoms with E-state index >= 15 is 0 Å². The van der Waals surface area contributed by atoms with Crippen LogP contribution in [0.15, 0.2) is 41.8 Å². The number of carbonyl (C=O) groups excluding carboxylic acids is 2. The van der Waals surface area contributed by atoms with Crippen LogP contribution in [0.2, 0.25) is 0 Å². The van der Waals surface area contributed by atoms with Crippen molar-refractivity contribution in [3.63, 3.8) is 0 Å². The number of piperidine rings is 2. The summed E-state index contributed by atoms with van der Waals surface area (Å²) in [4.78, 5) is 30.8. The van der Waals surface area contributed by atoms with Crippen LogP contribution in [0.3, 0.4) is 0 Å². The monoisotopic (exact) mass is 488 g/mol. The molecule has 2 N–H and O–H groups in total. The highest BCUT2D eigenvalue weighted by molar-refractivity contribution is 7.80. The van der Waals surface area contributed by atoms with Crippen LogP contribution in [0.25, 0.3) is 0 Å². The van der Waals surface area contributed by atoms with E-state index in [0.717, 1.165) is 50.9 Å². The molecule has 2 aliphatic rings. The number of thiocarbonyl (C=S) groups is 1. The van der Waals surface area contributed by atoms with E-state index in [2.05, 4.69) is 15.5 Å². The standard InChI is InChI=1S/C24H29FN4O2S2/c25-18-6-8-19(9-7-18)26-24(32)29-14-10-17(11-15-29)21(23(31)28-12-2-1-3-13-28)27-22(30)20-5-4-16-33-20/h4-9,16-17,21H,1-3,10-15H2,(H,26,32)(H,27,30)/t21-/m1/s1. The van der Waals surface area contributed by atoms with E-state index in [4.69, 9.17) is 12.2 Å². The van der Waals surface area contributed by atoms with E-state index in [-0.39, 0.29) is 23.5 Å². The summed E-state index contributed by atoms with van der Waals surface area (Å²) in [7, 11) is 0. The van der Waals surface area contributed by atoms with Gasteiger partial charge in [0.15, 0.2) is 5.11 Å². The topological polar surface area (TPSA) is 64.7 Å². The molecule has 6 nitrogen and oxygen atoms in total. The van der Waals surface area contributed by atoms with Gasteiger partial charge in [-0.15, -0.1) is 11.3 Å². The maximum absolute atomic E-state index is 13.4. The molecule has 3 heterocycles. The maximum Gasteiger partial charge on any atom is 0.262 e. The van der Waals surface area contributed by atoms with Gasteiger partial charge in [-0.25, -0.2) is 4.39 Å². The van der Waals surface area contributed by atoms with Crippen LogP contribution in [-0.4, -0.2) is 58.9 Å². The molecule has 176 valence electrons. The Morgan fingerprint density at radius 2 is 1.70 bits per heavy atom. The fraction of sp³-hybridized carbons (Fsp3) is 0.458. The van der Waals surface area contributed by atoms with Crippen LogP contribution in [-0.2, 0) is 4.79 Å². The van der Waals surface area contributed by atoms with Gasteiger partial charge in [-0.2, -0.15) is 0 Å². The van der Waals surface area contributed by atoms with Crippen molar-refractivity contribution >= 4 is 46.2 Å². The summed E-state index contributed by atoms with van der Waals surface area (Å²) in [6.07, 6.45) is 4.67. The highest BCUT2D eigenvalue weighted by Gasteiger charge is 2.36. The molecule has 1 aromatic heterocycles. The third-order valence-corrected chi connectivity index (χ3v) is 7.59. The van der Waals surface area contributed by atoms with Crippen LogP contribution < -0.4 is 10.6 Å². The number of nitrogens with one attached hydrogen (secondary N) is 2. The minimum absolute atomic E-state index is 0.0325. The molecule has 2 fully saturated rings. The Balaban J connectivity index is 1.39. The van der Waals surface area contributed by atoms with Crippen molar-refractivity contribution < 1.29 is 14.0 Å². The van der Waals surface area contributed by atoms with E-state index in [1.54, 1.807) is 18.2 Å². The van der Waals surface area contributed by atoms with Crippen molar-refractivity contribution in [3.05, 3.63) is 52.5 Å². The highest BCUT2D eigenvalue weighted by atomic mass is 32.1. The molecule has 1 atom stereocenters. The molecule has 2 amide bonds. The van der Waals surface area contributed by atoms with Crippen molar-refractivity contribution in [2.75, 3.05) is 31.5 Å². The minimum Gasteiger partial charge on any atom is -0.349 e. The fourth-order valence-electron chi connectivity index (χ4n) is 4.48. The maximum atomic E-state index is 13.4. The number of carbonyl (C=O) groups is 2. The Morgan fingerprint density at radius 3 is 2.33 bits per heavy atom. The summed E-state index contributed by atoms with van der Waals surface area (Å²) in [5, 5.41) is 8.66. The molecule has 4 rings (SSSR count). The van der Waals surface area contributed by atoms with Gasteiger partial charge in [0.1, 0.15) is 11.9 Å². The number of nitrogens with zero attached hydrogens (tertiary/aromatic N) is 2. The number of thiophene rings is 1. The first-order valence-corrected chi connectivity index (χ1v) is 12.7. The van der Waals surface area contributed by atoms with Crippen LogP contribution >= 0.6 is 23.6 Å². The predicted octanol–water partition coefficient (Wildman–Crippen LogP) is 4.11. The molecule has 1 aromatic carbocycles. The summed E-state index contributed by atoms with van der Waals surface area (Å²) in [6, 6.07) is 9.19. The molecule has 0 saturated carbocycles. The first-order valence-electron chi connectivity index (χ1n) is 11.5. The normalized spacial score (nSPS) is 18.0. The van der Waals surface area contributed by atoms with Crippen molar-refractivity contribution in [2.45, 2.75) is 38.1 Å². The highest BCUT2D eigenvalue weighted by Crippen LogP contribution is 2.25. The summed E-state index contributed by atoms with van der Waals surface area (Å²) in [5.74, 6) is -0.393. The number of hydrogen-bond donors (Lipinski definition) is 2. The van der Waals surface area contributed by atoms with E-state index in [1.807, 2.05) is 16.3 Å². The second-order valence-corrected chi connectivity index (χ2v) is 9.91. The van der Waals surface area contributed by atoms with Gasteiger partial charge in [0.2, 0.25) is 5.91 Å². The molecule has 2 saturated heterocycles. The molecule has 0 spiro atoms. The molecular weight excluding hydrogens is 459 g/mol. The largest absolute Gasteiger partial charge is 0.349 e. The van der Waals surface area contributed by atoms with Crippen molar-refractivity contribution in [1.29, 1.82) is 0 Å². The minimum atomic E-state index is -0.529. The molecule has 33 heavy (non-hydrogen) atoms. The van der Waals surface area contributed by atoms with E-state index in [0.29, 0.717) is 23.1 Å². The number of anilines is 1. The summed E-state index contributed by atoms with van der Waals surface area (Å²) in [5.41, 5.74) is 0.741. The first-order chi connectivity index (χ1) is 16.0. The molecule has 9 heteroatoms. The zero-order valence-electron chi connectivity index (χ0n) is 18.5. The quantitative estimate of drug-likeness (QED) is 0.621. The predicted molar refractivity (Wildman–Crippen MR) is 133 cm³/mol. The summed E-state index contributed by atoms with van der Waals surface area (Å²) in [6.45, 7) is 2.90. The lowest BCUT2D eigenvalue weighted by Crippen LogP contribution is -2.55. The second kappa shape index (κ2) is 11.1. The summed E-state index contributed by atoms with van der Waals surface area (Å²) >= 11 is 6.93. The van der Waals surface area contributed by atoms with Gasteiger partial charge in [0.25, 0.3) is 5.91 Å². The van der Waals surface area contributed by atoms with Gasteiger partial charge in [-0.1, -0.05) is 6.07 Å². The lowest BCUT2D eigenvalue weighted by molar-refractivity contribution is -0.136. The second-order valence-electron chi connectivity index (χ2n) is 8.58. The Labute approximate surface area is 203 Å². The molecule has 2 aliphatic heterocycles. The van der Waals surface area contributed by atoms with Gasteiger partial charge in [0, 0.05) is 31.9 Å². The summed E-state index contributed by atoms with van der Waals surface area (Å²) < 4.78 is 13.1. The van der Waals surface area contributed by atoms with Crippen LogP contribution in [0.1, 0.15) is 41.8 Å². The number of hydrogen-bond acceptors (Lipinski definition) is 4. The van der Waals surface area contributed by atoms with E-state index in [1.165, 1.54) is 23.5 Å². The number of amides is 2. The Morgan fingerprint density at radius 1 is 1.00 bits per heavy atom. The zero-order valence-corrected chi connectivity index (χ0v) is 20.1. The Bertz CT molecular complexity index is 953. The average Bonchev–Trinajstić information content (AvgIpc) is 3.39. The lowest BCUT2D eigenvalue weighted by atomic mass is 9.88.